The molecule has 2 saturated carbocycles. The van der Waals surface area contributed by atoms with Gasteiger partial charge in [-0.05, 0) is 76.0 Å². The number of rotatable bonds is 7. The summed E-state index contributed by atoms with van der Waals surface area (Å²) < 4.78 is 129. The first kappa shape index (κ1) is 39.8. The maximum Gasteiger partial charge on any atom is 0.443 e. The average molecular weight is 812 g/mol. The molecule has 0 unspecified atom stereocenters. The molecule has 2 spiro atoms. The zero-order valence-electron chi connectivity index (χ0n) is 32.3. The molecule has 9 heterocycles. The molecule has 19 heteroatoms. The Morgan fingerprint density at radius 3 is 1.62 bits per heavy atom. The summed E-state index contributed by atoms with van der Waals surface area (Å²) in [4.78, 5) is 23.5. The van der Waals surface area contributed by atoms with Crippen LogP contribution in [0.4, 0.5) is 26.3 Å². The molecule has 13 nitrogen and oxygen atoms in total. The van der Waals surface area contributed by atoms with Gasteiger partial charge < -0.3 is 28.4 Å². The van der Waals surface area contributed by atoms with Gasteiger partial charge in [-0.15, -0.1) is 5.10 Å². The van der Waals surface area contributed by atoms with E-state index < -0.39 is 96.2 Å². The van der Waals surface area contributed by atoms with Crippen LogP contribution in [0.2, 0.25) is 0 Å². The zero-order chi connectivity index (χ0) is 39.9. The molecule has 56 heavy (non-hydrogen) atoms. The van der Waals surface area contributed by atoms with Gasteiger partial charge in [0.2, 0.25) is 11.6 Å². The Labute approximate surface area is 320 Å². The smallest absolute Gasteiger partial charge is 0.340 e. The van der Waals surface area contributed by atoms with Gasteiger partial charge in [0, 0.05) is 36.5 Å². The molecule has 10 fully saturated rings. The number of fused-ring (bicyclic) bond motifs is 4. The molecule has 316 valence electrons. The van der Waals surface area contributed by atoms with Gasteiger partial charge >= 0.3 is 12.4 Å². The largest absolute Gasteiger partial charge is 0.443 e. The van der Waals surface area contributed by atoms with Crippen LogP contribution in [0.25, 0.3) is 0 Å². The lowest BCUT2D eigenvalue weighted by atomic mass is 9.57. The molecule has 8 aliphatic heterocycles. The fourth-order valence-electron chi connectivity index (χ4n) is 12.0. The molecule has 0 radical (unpaired) electrons. The summed E-state index contributed by atoms with van der Waals surface area (Å²) in [5.74, 6) is -12.8. The van der Waals surface area contributed by atoms with Gasteiger partial charge in [0.1, 0.15) is 0 Å². The zero-order valence-corrected chi connectivity index (χ0v) is 32.3. The third-order valence-corrected chi connectivity index (χ3v) is 15.1. The first-order valence-electron chi connectivity index (χ1n) is 20.0. The van der Waals surface area contributed by atoms with Crippen LogP contribution in [0, 0.1) is 47.3 Å². The van der Waals surface area contributed by atoms with Crippen LogP contribution in [0.3, 0.4) is 0 Å². The fraction of sp³-hybridized carbons (Fsp3) is 0.946. The third kappa shape index (κ3) is 5.43. The highest BCUT2D eigenvalue weighted by Gasteiger charge is 2.79. The van der Waals surface area contributed by atoms with E-state index in [1.165, 1.54) is 20.0 Å². The van der Waals surface area contributed by atoms with Crippen LogP contribution in [0.5, 0.6) is 0 Å². The fourth-order valence-corrected chi connectivity index (χ4v) is 12.0. The van der Waals surface area contributed by atoms with Gasteiger partial charge in [0.25, 0.3) is 11.6 Å². The molecule has 16 atom stereocenters. The van der Waals surface area contributed by atoms with Crippen LogP contribution >= 0.6 is 0 Å². The maximum absolute atomic E-state index is 15.4. The molecule has 1 aromatic rings. The molecule has 11 rings (SSSR count). The Hall–Kier alpha value is -1.68. The SMILES string of the molecule is C[C@@H]1CC[C@H]2[C@@H](C)[C@](OCCn3nncc3CO[C@@]3(C(F)(F)F)O[C@@H]4O[C@]5(C)CC[C@H]6[C@H](C)CC[C@@H]([C@H]3C)[C@@]46OO5)(C(F)(F)F)O[C@@H]3O[C@]4(C)CC[C@@H]1[C@]32OO4. The second kappa shape index (κ2) is 12.9. The predicted molar refractivity (Wildman–Crippen MR) is 174 cm³/mol. The van der Waals surface area contributed by atoms with E-state index in [0.717, 1.165) is 4.68 Å². The molecule has 0 aromatic carbocycles. The molecule has 0 amide bonds. The highest BCUT2D eigenvalue weighted by molar-refractivity contribution is 5.14. The number of hydrogen-bond donors (Lipinski definition) is 0. The molecule has 1 aromatic heterocycles. The molecule has 8 saturated heterocycles. The molecule has 0 N–H and O–H groups in total. The summed E-state index contributed by atoms with van der Waals surface area (Å²) >= 11 is 0. The van der Waals surface area contributed by atoms with Crippen molar-refractivity contribution in [2.75, 3.05) is 6.61 Å². The highest BCUT2D eigenvalue weighted by atomic mass is 19.4. The van der Waals surface area contributed by atoms with Crippen molar-refractivity contribution in [3.05, 3.63) is 11.9 Å². The predicted octanol–water partition coefficient (Wildman–Crippen LogP) is 7.09. The topological polar surface area (TPSA) is 123 Å². The Morgan fingerprint density at radius 2 is 1.14 bits per heavy atom. The second-order valence-corrected chi connectivity index (χ2v) is 18.0. The molecular weight excluding hydrogens is 760 g/mol. The number of hydrogen-bond acceptors (Lipinski definition) is 12. The first-order chi connectivity index (χ1) is 26.2. The quantitative estimate of drug-likeness (QED) is 0.206. The Morgan fingerprint density at radius 1 is 0.661 bits per heavy atom. The van der Waals surface area contributed by atoms with Crippen LogP contribution in [-0.2, 0) is 61.1 Å². The summed E-state index contributed by atoms with van der Waals surface area (Å²) in [6, 6.07) is 0. The van der Waals surface area contributed by atoms with Crippen molar-refractivity contribution in [3.8, 4) is 0 Å². The second-order valence-electron chi connectivity index (χ2n) is 18.0. The van der Waals surface area contributed by atoms with Crippen molar-refractivity contribution in [3.63, 3.8) is 0 Å². The van der Waals surface area contributed by atoms with Crippen molar-refractivity contribution in [1.82, 2.24) is 15.0 Å². The van der Waals surface area contributed by atoms with Gasteiger partial charge in [0.05, 0.1) is 31.6 Å². The minimum Gasteiger partial charge on any atom is -0.340 e. The van der Waals surface area contributed by atoms with E-state index in [0.29, 0.717) is 51.4 Å². The summed E-state index contributed by atoms with van der Waals surface area (Å²) in [5.41, 5.74) is -2.47. The van der Waals surface area contributed by atoms with Gasteiger partial charge in [-0.1, -0.05) is 32.9 Å². The lowest BCUT2D eigenvalue weighted by Gasteiger charge is -2.62. The lowest BCUT2D eigenvalue weighted by molar-refractivity contribution is -0.599. The van der Waals surface area contributed by atoms with Crippen molar-refractivity contribution < 1.29 is 74.3 Å². The highest BCUT2D eigenvalue weighted by Crippen LogP contribution is 2.66. The minimum atomic E-state index is -5.03. The number of alkyl halides is 6. The third-order valence-electron chi connectivity index (χ3n) is 15.1. The van der Waals surface area contributed by atoms with Crippen molar-refractivity contribution >= 4 is 0 Å². The average Bonchev–Trinajstić information content (AvgIpc) is 3.27. The number of ether oxygens (including phenoxy) is 6. The van der Waals surface area contributed by atoms with Gasteiger partial charge in [-0.3, -0.25) is 0 Å². The lowest BCUT2D eigenvalue weighted by Crippen LogP contribution is -2.76. The van der Waals surface area contributed by atoms with Crippen LogP contribution in [0.15, 0.2) is 6.20 Å². The van der Waals surface area contributed by atoms with E-state index in [1.54, 1.807) is 13.8 Å². The van der Waals surface area contributed by atoms with E-state index in [4.69, 9.17) is 48.0 Å². The van der Waals surface area contributed by atoms with E-state index in [1.807, 2.05) is 0 Å². The minimum absolute atomic E-state index is 0.0583. The summed E-state index contributed by atoms with van der Waals surface area (Å²) in [5, 5.41) is 7.81. The molecule has 10 aliphatic rings. The summed E-state index contributed by atoms with van der Waals surface area (Å²) in [6.07, 6.45) is -7.48. The number of nitrogens with zero attached hydrogens (tertiary/aromatic N) is 3. The van der Waals surface area contributed by atoms with Crippen molar-refractivity contribution in [2.24, 2.45) is 47.3 Å². The Bertz CT molecular complexity index is 1670. The van der Waals surface area contributed by atoms with Gasteiger partial charge in [-0.25, -0.2) is 24.2 Å². The monoisotopic (exact) mass is 811 g/mol. The molecule has 4 bridgehead atoms. The van der Waals surface area contributed by atoms with Gasteiger partial charge in [-0.2, -0.15) is 26.3 Å². The maximum atomic E-state index is 15.4. The van der Waals surface area contributed by atoms with Crippen LogP contribution in [0.1, 0.15) is 98.6 Å². The molecule has 2 aliphatic carbocycles. The Kier molecular flexibility index (Phi) is 9.17. The summed E-state index contributed by atoms with van der Waals surface area (Å²) in [6.45, 7) is 8.62. The van der Waals surface area contributed by atoms with E-state index in [2.05, 4.69) is 24.2 Å². The van der Waals surface area contributed by atoms with E-state index >= 15 is 26.3 Å². The Balaban J connectivity index is 0.951. The van der Waals surface area contributed by atoms with Crippen molar-refractivity contribution in [1.29, 1.82) is 0 Å². The summed E-state index contributed by atoms with van der Waals surface area (Å²) in [7, 11) is 0. The molecular formula is C37H51F6N3O10. The number of aromatic nitrogens is 3. The standard InChI is InChI=1S/C37H51F6N3O10/c1-19-7-9-26-21(3)34(36(38,39)40,51-28-32(26)24(19)11-13-30(5,49-28)53-55-32)47-16-15-46-23(17-44-45-46)18-48-35(37(41,42)43)22(4)27-10-8-20(2)25-12-14-31(6)50-29(52-35)33(25,27)56-54-31/h17,19-22,24-29H,7-16,18H2,1-6H3/t19-,20-,21-,22-,24+,25+,26+,27+,28+,29+,30+,31+,32-,33-,34-,35-/m1/s1. The normalized spacial score (nSPS) is 51.2. The number of halogens is 6. The van der Waals surface area contributed by atoms with Crippen LogP contribution in [-0.4, -0.2) is 80.9 Å². The van der Waals surface area contributed by atoms with Crippen LogP contribution < -0.4 is 0 Å². The van der Waals surface area contributed by atoms with E-state index in [9.17, 15) is 0 Å². The van der Waals surface area contributed by atoms with Crippen molar-refractivity contribution in [2.45, 2.75) is 165 Å². The first-order valence-corrected chi connectivity index (χ1v) is 20.0. The van der Waals surface area contributed by atoms with E-state index in [-0.39, 0.29) is 35.9 Å². The van der Waals surface area contributed by atoms with Gasteiger partial charge in [0.15, 0.2) is 23.8 Å².